The van der Waals surface area contributed by atoms with Gasteiger partial charge in [-0.15, -0.1) is 0 Å². The van der Waals surface area contributed by atoms with Crippen LogP contribution in [-0.4, -0.2) is 39.8 Å². The van der Waals surface area contributed by atoms with Gasteiger partial charge in [0.15, 0.2) is 11.6 Å². The van der Waals surface area contributed by atoms with Gasteiger partial charge < -0.3 is 14.1 Å². The molecule has 0 radical (unpaired) electrons. The molecule has 1 fully saturated rings. The molecule has 2 heterocycles. The summed E-state index contributed by atoms with van der Waals surface area (Å²) in [5, 5.41) is 3.56. The van der Waals surface area contributed by atoms with Crippen molar-refractivity contribution in [1.82, 2.24) is 4.58 Å². The van der Waals surface area contributed by atoms with Crippen LogP contribution in [0, 0.1) is 5.92 Å². The van der Waals surface area contributed by atoms with Crippen molar-refractivity contribution in [2.24, 2.45) is 5.92 Å². The van der Waals surface area contributed by atoms with Crippen LogP contribution < -0.4 is 30.0 Å². The van der Waals surface area contributed by atoms with Crippen molar-refractivity contribution in [2.45, 2.75) is 0 Å². The van der Waals surface area contributed by atoms with Gasteiger partial charge in [-0.3, -0.25) is 9.59 Å². The van der Waals surface area contributed by atoms with E-state index in [1.165, 1.54) is 0 Å². The maximum absolute atomic E-state index is 13.3. The van der Waals surface area contributed by atoms with Crippen LogP contribution in [0.15, 0.2) is 88.9 Å². The third-order valence-corrected chi connectivity index (χ3v) is 8.01. The van der Waals surface area contributed by atoms with Gasteiger partial charge in [-0.05, 0) is 59.3 Å². The highest BCUT2D eigenvalue weighted by atomic mass is 16.5. The van der Waals surface area contributed by atoms with E-state index in [9.17, 15) is 9.59 Å². The minimum absolute atomic E-state index is 0.185. The van der Waals surface area contributed by atoms with E-state index < -0.39 is 5.92 Å². The number of allylic oxidation sites excluding steroid dienone is 1. The van der Waals surface area contributed by atoms with E-state index in [1.54, 1.807) is 12.2 Å². The van der Waals surface area contributed by atoms with Crippen molar-refractivity contribution in [3.63, 3.8) is 0 Å². The number of nitrogens with zero attached hydrogens (tertiary/aromatic N) is 2. The third kappa shape index (κ3) is 4.23. The molecule has 4 aliphatic rings. The van der Waals surface area contributed by atoms with Crippen molar-refractivity contribution >= 4 is 46.5 Å². The fraction of sp³-hybridized carbons (Fsp3) is 0.139. The predicted octanol–water partition coefficient (Wildman–Crippen LogP) is 4.20. The molecule has 2 aliphatic heterocycles. The molecular weight excluding hydrogens is 524 g/mol. The molecule has 6 nitrogen and oxygen atoms in total. The smallest absolute Gasteiger partial charge is 0.203 e. The lowest BCUT2D eigenvalue weighted by Crippen LogP contribution is -2.41. The Bertz CT molecular complexity index is 2150. The SMILES string of the molecule is CN(C)c1ccc2c(c1)Oc1cccc(=CC3C(=O)C(=Cc4cccc5oc6cc(=[N+](C)C)ccc-6cc45)C3=O)c1=C2. The van der Waals surface area contributed by atoms with Crippen molar-refractivity contribution < 1.29 is 18.7 Å². The molecule has 2 aliphatic carbocycles. The first-order chi connectivity index (χ1) is 20.3. The molecule has 3 aromatic rings. The maximum Gasteiger partial charge on any atom is 0.203 e. The lowest BCUT2D eigenvalue weighted by atomic mass is 9.75. The number of anilines is 1. The fourth-order valence-electron chi connectivity index (χ4n) is 5.57. The topological polar surface area (TPSA) is 62.8 Å². The van der Waals surface area contributed by atoms with Crippen molar-refractivity contribution in [3.8, 4) is 22.8 Å². The number of carbonyl (C=O) groups excluding carboxylic acids is 2. The van der Waals surface area contributed by atoms with Gasteiger partial charge in [0.2, 0.25) is 5.36 Å². The van der Waals surface area contributed by atoms with E-state index in [0.29, 0.717) is 11.3 Å². The average Bonchev–Trinajstić information content (AvgIpc) is 2.99. The molecule has 0 spiro atoms. The predicted molar refractivity (Wildman–Crippen MR) is 166 cm³/mol. The van der Waals surface area contributed by atoms with Crippen molar-refractivity contribution in [1.29, 1.82) is 0 Å². The number of ketones is 2. The lowest BCUT2D eigenvalue weighted by Gasteiger charge is -2.23. The molecule has 206 valence electrons. The average molecular weight is 554 g/mol. The molecule has 0 saturated heterocycles. The second kappa shape index (κ2) is 9.70. The van der Waals surface area contributed by atoms with Crippen LogP contribution in [0.1, 0.15) is 11.1 Å². The number of benzene rings is 4. The first-order valence-corrected chi connectivity index (χ1v) is 13.9. The van der Waals surface area contributed by atoms with Gasteiger partial charge in [-0.2, -0.15) is 0 Å². The van der Waals surface area contributed by atoms with E-state index in [2.05, 4.69) is 6.08 Å². The number of hydrogen-bond acceptors (Lipinski definition) is 5. The fourth-order valence-corrected chi connectivity index (χ4v) is 5.57. The number of ether oxygens (including phenoxy) is 1. The van der Waals surface area contributed by atoms with E-state index in [-0.39, 0.29) is 17.1 Å². The van der Waals surface area contributed by atoms with E-state index in [0.717, 1.165) is 55.1 Å². The zero-order valence-electron chi connectivity index (χ0n) is 23.8. The minimum Gasteiger partial charge on any atom is -0.456 e. The monoisotopic (exact) mass is 553 g/mol. The summed E-state index contributed by atoms with van der Waals surface area (Å²) < 4.78 is 14.5. The van der Waals surface area contributed by atoms with Crippen LogP contribution in [0.5, 0.6) is 11.5 Å². The molecule has 0 amide bonds. The van der Waals surface area contributed by atoms with Gasteiger partial charge in [0.05, 0.1) is 11.6 Å². The number of hydrogen-bond donors (Lipinski definition) is 0. The summed E-state index contributed by atoms with van der Waals surface area (Å²) in [7, 11) is 7.95. The highest BCUT2D eigenvalue weighted by Gasteiger charge is 2.42. The Labute approximate surface area is 242 Å². The van der Waals surface area contributed by atoms with Gasteiger partial charge in [0.25, 0.3) is 0 Å². The standard InChI is InChI=1S/C36H29N2O4/c1-37(2)25-13-11-23-17-27-21(7-5-9-31(27)41-33(23)19-25)15-29-35(39)30(36(29)40)16-22-8-6-10-32-28(22)18-24-12-14-26(38(3)4)20-34(24)42-32/h5-20,29H,1-4H3/q+1. The summed E-state index contributed by atoms with van der Waals surface area (Å²) in [6.45, 7) is 0. The number of fused-ring (bicyclic) bond motifs is 4. The maximum atomic E-state index is 13.3. The molecule has 3 aromatic carbocycles. The zero-order chi connectivity index (χ0) is 29.1. The van der Waals surface area contributed by atoms with E-state index >= 15 is 0 Å². The molecule has 7 rings (SSSR count). The normalized spacial score (nSPS) is 16.0. The van der Waals surface area contributed by atoms with Gasteiger partial charge >= 0.3 is 0 Å². The quantitative estimate of drug-likeness (QED) is 0.108. The van der Waals surface area contributed by atoms with Crippen LogP contribution in [-0.2, 0) is 9.59 Å². The molecule has 0 unspecified atom stereocenters. The molecule has 0 atom stereocenters. The molecule has 42 heavy (non-hydrogen) atoms. The summed E-state index contributed by atoms with van der Waals surface area (Å²) >= 11 is 0. The van der Waals surface area contributed by atoms with Crippen LogP contribution in [0.25, 0.3) is 40.5 Å². The Morgan fingerprint density at radius 1 is 0.857 bits per heavy atom. The summed E-state index contributed by atoms with van der Waals surface area (Å²) in [6, 6.07) is 25.5. The minimum atomic E-state index is -0.821. The molecule has 0 N–H and O–H groups in total. The van der Waals surface area contributed by atoms with Crippen molar-refractivity contribution in [3.05, 3.63) is 111 Å². The van der Waals surface area contributed by atoms with E-state index in [4.69, 9.17) is 9.15 Å². The van der Waals surface area contributed by atoms with Gasteiger partial charge in [0, 0.05) is 53.6 Å². The lowest BCUT2D eigenvalue weighted by molar-refractivity contribution is -0.133. The van der Waals surface area contributed by atoms with Crippen LogP contribution in [0.3, 0.4) is 0 Å². The second-order valence-corrected chi connectivity index (χ2v) is 11.2. The molecule has 0 bridgehead atoms. The first-order valence-electron chi connectivity index (χ1n) is 13.9. The molecule has 1 saturated carbocycles. The van der Waals surface area contributed by atoms with Crippen LogP contribution >= 0.6 is 0 Å². The van der Waals surface area contributed by atoms with Crippen molar-refractivity contribution in [2.75, 3.05) is 33.1 Å². The number of carbonyl (C=O) groups is 2. The number of Topliss-reactive ketones (excluding diaryl/α,β-unsaturated/α-hetero) is 2. The summed E-state index contributed by atoms with van der Waals surface area (Å²) in [4.78, 5) is 28.6. The third-order valence-electron chi connectivity index (χ3n) is 8.01. The van der Waals surface area contributed by atoms with Gasteiger partial charge in [-0.25, -0.2) is 4.58 Å². The van der Waals surface area contributed by atoms with Gasteiger partial charge in [0.1, 0.15) is 42.9 Å². The summed E-state index contributed by atoms with van der Waals surface area (Å²) in [6.07, 6.45) is 5.50. The van der Waals surface area contributed by atoms with E-state index in [1.807, 2.05) is 117 Å². The molecule has 6 heteroatoms. The first kappa shape index (κ1) is 25.7. The van der Waals surface area contributed by atoms with Crippen LogP contribution in [0.2, 0.25) is 0 Å². The summed E-state index contributed by atoms with van der Waals surface area (Å²) in [5.41, 5.74) is 4.62. The van der Waals surface area contributed by atoms with Gasteiger partial charge in [-0.1, -0.05) is 30.3 Å². The zero-order valence-corrected chi connectivity index (χ0v) is 23.8. The summed E-state index contributed by atoms with van der Waals surface area (Å²) in [5.74, 6) is 1.06. The van der Waals surface area contributed by atoms with Crippen LogP contribution in [0.4, 0.5) is 5.69 Å². The Morgan fingerprint density at radius 3 is 2.45 bits per heavy atom. The largest absolute Gasteiger partial charge is 0.456 e. The highest BCUT2D eigenvalue weighted by molar-refractivity contribution is 6.43. The highest BCUT2D eigenvalue weighted by Crippen LogP contribution is 2.34. The Kier molecular flexibility index (Phi) is 5.94. The second-order valence-electron chi connectivity index (χ2n) is 11.2. The Hall–Kier alpha value is -5.23. The Morgan fingerprint density at radius 2 is 1.67 bits per heavy atom. The number of rotatable bonds is 3. The Balaban J connectivity index is 1.24. The molecular formula is C36H29N2O4+. The molecule has 0 aromatic heterocycles.